The summed E-state index contributed by atoms with van der Waals surface area (Å²) < 4.78 is 20.2. The lowest BCUT2D eigenvalue weighted by Gasteiger charge is -2.31. The van der Waals surface area contributed by atoms with Crippen LogP contribution in [-0.2, 0) is 19.0 Å². The standard InChI is InChI=1S/C20H28N6O4/c1-10-6-4-5-7-11(10)25-18(27)14-13-15(30-20(2,3)29-13)19(28-14)26-9-24-12-16(21)22-8-23-17(12)26/h8-11,13-15,19H,4-7H2,1-3H3,(H,25,27)(H2,21,22,23)/t10?,11?,13-,14+,15-,19-/m1/s1. The number of nitrogen functional groups attached to an aromatic ring is 1. The average molecular weight is 416 g/mol. The van der Waals surface area contributed by atoms with Gasteiger partial charge < -0.3 is 25.3 Å². The van der Waals surface area contributed by atoms with Crippen molar-refractivity contribution in [2.75, 3.05) is 5.73 Å². The maximum Gasteiger partial charge on any atom is 0.252 e. The van der Waals surface area contributed by atoms with E-state index in [-0.39, 0.29) is 17.8 Å². The molecular formula is C20H28N6O4. The van der Waals surface area contributed by atoms with Gasteiger partial charge in [-0.1, -0.05) is 19.8 Å². The molecule has 1 saturated carbocycles. The minimum Gasteiger partial charge on any atom is -0.382 e. The van der Waals surface area contributed by atoms with E-state index in [9.17, 15) is 4.79 Å². The molecule has 1 aliphatic carbocycles. The summed E-state index contributed by atoms with van der Waals surface area (Å²) >= 11 is 0. The minimum atomic E-state index is -0.821. The Morgan fingerprint density at radius 1 is 1.20 bits per heavy atom. The summed E-state index contributed by atoms with van der Waals surface area (Å²) in [6.07, 6.45) is 5.02. The van der Waals surface area contributed by atoms with Crippen LogP contribution in [0.2, 0.25) is 0 Å². The van der Waals surface area contributed by atoms with Crippen molar-refractivity contribution < 1.29 is 19.0 Å². The third-order valence-corrected chi connectivity index (χ3v) is 6.39. The lowest BCUT2D eigenvalue weighted by Crippen LogP contribution is -2.49. The summed E-state index contributed by atoms with van der Waals surface area (Å²) in [5.41, 5.74) is 6.94. The van der Waals surface area contributed by atoms with Crippen molar-refractivity contribution in [3.63, 3.8) is 0 Å². The first-order valence-electron chi connectivity index (χ1n) is 10.6. The van der Waals surface area contributed by atoms with Crippen LogP contribution in [-0.4, -0.2) is 55.6 Å². The summed E-state index contributed by atoms with van der Waals surface area (Å²) in [6, 6.07) is 0.157. The Labute approximate surface area is 174 Å². The van der Waals surface area contributed by atoms with E-state index in [0.717, 1.165) is 19.3 Å². The number of anilines is 1. The van der Waals surface area contributed by atoms with Gasteiger partial charge in [-0.15, -0.1) is 0 Å². The Morgan fingerprint density at radius 2 is 1.97 bits per heavy atom. The van der Waals surface area contributed by atoms with Gasteiger partial charge in [-0.25, -0.2) is 15.0 Å². The SMILES string of the molecule is CC1CCCCC1NC(=O)[C@H]1O[C@@H](n2cnc3c(N)ncnc32)[C@@H]2OC(C)(C)O[C@@H]21. The van der Waals surface area contributed by atoms with E-state index >= 15 is 0 Å². The van der Waals surface area contributed by atoms with Crippen LogP contribution in [0.5, 0.6) is 0 Å². The second-order valence-electron chi connectivity index (χ2n) is 8.97. The van der Waals surface area contributed by atoms with Gasteiger partial charge in [0.25, 0.3) is 5.91 Å². The maximum absolute atomic E-state index is 13.2. The quantitative estimate of drug-likeness (QED) is 0.771. The van der Waals surface area contributed by atoms with E-state index in [4.69, 9.17) is 19.9 Å². The number of hydrogen-bond donors (Lipinski definition) is 2. The molecule has 30 heavy (non-hydrogen) atoms. The average Bonchev–Trinajstić information content (AvgIpc) is 3.35. The number of fused-ring (bicyclic) bond motifs is 2. The van der Waals surface area contributed by atoms with Crippen LogP contribution in [0.4, 0.5) is 5.82 Å². The molecular weight excluding hydrogens is 388 g/mol. The number of carbonyl (C=O) groups excluding carboxylic acids is 1. The molecule has 10 nitrogen and oxygen atoms in total. The second-order valence-corrected chi connectivity index (χ2v) is 8.97. The van der Waals surface area contributed by atoms with E-state index < -0.39 is 30.3 Å². The van der Waals surface area contributed by atoms with Gasteiger partial charge in [-0.05, 0) is 32.6 Å². The van der Waals surface area contributed by atoms with Gasteiger partial charge in [0.15, 0.2) is 29.6 Å². The van der Waals surface area contributed by atoms with Crippen LogP contribution in [0, 0.1) is 5.92 Å². The molecule has 2 aromatic rings. The first-order chi connectivity index (χ1) is 14.3. The van der Waals surface area contributed by atoms with Crippen molar-refractivity contribution in [2.45, 2.75) is 82.8 Å². The van der Waals surface area contributed by atoms with Crippen molar-refractivity contribution in [3.8, 4) is 0 Å². The topological polar surface area (TPSA) is 126 Å². The van der Waals surface area contributed by atoms with Crippen molar-refractivity contribution >= 4 is 22.9 Å². The molecule has 0 spiro atoms. The third kappa shape index (κ3) is 3.23. The number of imidazole rings is 1. The molecule has 0 bridgehead atoms. The summed E-state index contributed by atoms with van der Waals surface area (Å²) in [5, 5.41) is 3.19. The van der Waals surface area contributed by atoms with Crippen LogP contribution in [0.15, 0.2) is 12.7 Å². The number of hydrogen-bond acceptors (Lipinski definition) is 8. The second kappa shape index (κ2) is 7.14. The van der Waals surface area contributed by atoms with E-state index in [2.05, 4.69) is 27.2 Å². The summed E-state index contributed by atoms with van der Waals surface area (Å²) in [6.45, 7) is 5.87. The fraction of sp³-hybridized carbons (Fsp3) is 0.700. The van der Waals surface area contributed by atoms with Crippen molar-refractivity contribution in [1.82, 2.24) is 24.8 Å². The normalized spacial score (nSPS) is 35.4. The zero-order chi connectivity index (χ0) is 21.0. The molecule has 0 aromatic carbocycles. The van der Waals surface area contributed by atoms with Crippen LogP contribution in [0.1, 0.15) is 52.7 Å². The molecule has 6 atom stereocenters. The molecule has 3 N–H and O–H groups in total. The smallest absolute Gasteiger partial charge is 0.252 e. The van der Waals surface area contributed by atoms with Crippen molar-refractivity contribution in [3.05, 3.63) is 12.7 Å². The molecule has 3 fully saturated rings. The number of carbonyl (C=O) groups is 1. The molecule has 5 rings (SSSR count). The van der Waals surface area contributed by atoms with E-state index in [1.807, 2.05) is 13.8 Å². The molecule has 2 aromatic heterocycles. The van der Waals surface area contributed by atoms with Gasteiger partial charge in [0.05, 0.1) is 6.33 Å². The van der Waals surface area contributed by atoms with Crippen LogP contribution in [0.25, 0.3) is 11.2 Å². The van der Waals surface area contributed by atoms with Crippen LogP contribution < -0.4 is 11.1 Å². The number of rotatable bonds is 3. The van der Waals surface area contributed by atoms with Crippen LogP contribution in [0.3, 0.4) is 0 Å². The monoisotopic (exact) mass is 416 g/mol. The lowest BCUT2D eigenvalue weighted by molar-refractivity contribution is -0.197. The minimum absolute atomic E-state index is 0.157. The van der Waals surface area contributed by atoms with E-state index in [1.54, 1.807) is 10.9 Å². The Morgan fingerprint density at radius 3 is 2.77 bits per heavy atom. The summed E-state index contributed by atoms with van der Waals surface area (Å²) in [7, 11) is 0. The molecule has 2 aliphatic heterocycles. The number of nitrogens with zero attached hydrogens (tertiary/aromatic N) is 4. The number of amides is 1. The Hall–Kier alpha value is -2.30. The summed E-state index contributed by atoms with van der Waals surface area (Å²) in [4.78, 5) is 25.8. The van der Waals surface area contributed by atoms with E-state index in [0.29, 0.717) is 17.1 Å². The maximum atomic E-state index is 13.2. The highest BCUT2D eigenvalue weighted by Gasteiger charge is 2.58. The van der Waals surface area contributed by atoms with Gasteiger partial charge in [-0.3, -0.25) is 9.36 Å². The van der Waals surface area contributed by atoms with Gasteiger partial charge in [-0.2, -0.15) is 0 Å². The van der Waals surface area contributed by atoms with Gasteiger partial charge in [0.1, 0.15) is 24.1 Å². The first-order valence-corrected chi connectivity index (χ1v) is 10.6. The van der Waals surface area contributed by atoms with Crippen LogP contribution >= 0.6 is 0 Å². The van der Waals surface area contributed by atoms with Gasteiger partial charge >= 0.3 is 0 Å². The molecule has 162 valence electrons. The molecule has 4 heterocycles. The zero-order valence-corrected chi connectivity index (χ0v) is 17.4. The largest absolute Gasteiger partial charge is 0.382 e. The van der Waals surface area contributed by atoms with Crippen molar-refractivity contribution in [2.24, 2.45) is 5.92 Å². The highest BCUT2D eigenvalue weighted by atomic mass is 16.8. The first kappa shape index (κ1) is 19.7. The predicted octanol–water partition coefficient (Wildman–Crippen LogP) is 1.52. The molecule has 2 unspecified atom stereocenters. The number of ether oxygens (including phenoxy) is 3. The zero-order valence-electron chi connectivity index (χ0n) is 17.4. The van der Waals surface area contributed by atoms with E-state index in [1.165, 1.54) is 12.7 Å². The number of nitrogens with two attached hydrogens (primary N) is 1. The Balaban J connectivity index is 1.44. The lowest BCUT2D eigenvalue weighted by atomic mass is 9.86. The Bertz CT molecular complexity index is 962. The fourth-order valence-corrected chi connectivity index (χ4v) is 4.86. The molecule has 2 saturated heterocycles. The highest BCUT2D eigenvalue weighted by Crippen LogP contribution is 2.44. The Kier molecular flexibility index (Phi) is 4.68. The van der Waals surface area contributed by atoms with Crippen molar-refractivity contribution in [1.29, 1.82) is 0 Å². The fourth-order valence-electron chi connectivity index (χ4n) is 4.86. The van der Waals surface area contributed by atoms with Gasteiger partial charge in [0, 0.05) is 6.04 Å². The molecule has 10 heteroatoms. The third-order valence-electron chi connectivity index (χ3n) is 6.39. The number of nitrogens with one attached hydrogen (secondary N) is 1. The van der Waals surface area contributed by atoms with Gasteiger partial charge in [0.2, 0.25) is 0 Å². The summed E-state index contributed by atoms with van der Waals surface area (Å²) in [5.74, 6) is -0.243. The number of aromatic nitrogens is 4. The predicted molar refractivity (Wildman–Crippen MR) is 107 cm³/mol. The molecule has 3 aliphatic rings. The highest BCUT2D eigenvalue weighted by molar-refractivity contribution is 5.83. The molecule has 0 radical (unpaired) electrons. The molecule has 1 amide bonds.